The van der Waals surface area contributed by atoms with E-state index in [0.717, 1.165) is 37.2 Å². The summed E-state index contributed by atoms with van der Waals surface area (Å²) in [5, 5.41) is 3.00. The highest BCUT2D eigenvalue weighted by Crippen LogP contribution is 2.29. The Morgan fingerprint density at radius 3 is 2.07 bits per heavy atom. The summed E-state index contributed by atoms with van der Waals surface area (Å²) in [6.45, 7) is 1.46. The van der Waals surface area contributed by atoms with Gasteiger partial charge < -0.3 is 10.2 Å². The quantitative estimate of drug-likeness (QED) is 0.885. The summed E-state index contributed by atoms with van der Waals surface area (Å²) in [5.74, 6) is 0.122. The van der Waals surface area contributed by atoms with Crippen LogP contribution < -0.4 is 5.32 Å². The van der Waals surface area contributed by atoms with Crippen LogP contribution in [0.4, 0.5) is 5.69 Å². The Bertz CT molecular complexity index is 754. The van der Waals surface area contributed by atoms with Gasteiger partial charge in [-0.3, -0.25) is 14.5 Å². The van der Waals surface area contributed by atoms with E-state index in [4.69, 9.17) is 0 Å². The molecule has 0 saturated carbocycles. The average Bonchev–Trinajstić information content (AvgIpc) is 2.70. The highest BCUT2D eigenvalue weighted by Gasteiger charge is 2.33. The first-order valence-electron chi connectivity index (χ1n) is 9.42. The van der Waals surface area contributed by atoms with Gasteiger partial charge >= 0.3 is 0 Å². The Hall–Kier alpha value is -2.66. The number of rotatable bonds is 5. The number of likely N-dealkylation sites (N-methyl/N-ethyl adjacent to an activating group) is 1. The fourth-order valence-corrected chi connectivity index (χ4v) is 3.58. The highest BCUT2D eigenvalue weighted by atomic mass is 16.2. The molecule has 1 atom stereocenters. The maximum Gasteiger partial charge on any atom is 0.244 e. The number of carbonyl (C=O) groups excluding carboxylic acids is 2. The van der Waals surface area contributed by atoms with Crippen molar-refractivity contribution in [3.63, 3.8) is 0 Å². The summed E-state index contributed by atoms with van der Waals surface area (Å²) in [7, 11) is 3.58. The fourth-order valence-electron chi connectivity index (χ4n) is 3.58. The number of carbonyl (C=O) groups is 2. The molecule has 0 aliphatic carbocycles. The van der Waals surface area contributed by atoms with E-state index in [1.807, 2.05) is 60.7 Å². The minimum atomic E-state index is -0.292. The molecule has 1 fully saturated rings. The molecule has 2 aromatic carbocycles. The summed E-state index contributed by atoms with van der Waals surface area (Å²) >= 11 is 0. The van der Waals surface area contributed by atoms with E-state index in [1.54, 1.807) is 19.0 Å². The third kappa shape index (κ3) is 4.74. The molecule has 0 bridgehead atoms. The molecule has 5 nitrogen and oxygen atoms in total. The molecule has 2 aromatic rings. The molecule has 142 valence electrons. The van der Waals surface area contributed by atoms with Crippen molar-refractivity contribution < 1.29 is 9.59 Å². The number of hydrogen-bond donors (Lipinski definition) is 1. The SMILES string of the molecule is CN(C)C(=O)C(c1ccccc1)N1CCC(C(=O)Nc2ccccc2)CC1. The van der Waals surface area contributed by atoms with Gasteiger partial charge in [0.05, 0.1) is 0 Å². The van der Waals surface area contributed by atoms with E-state index in [0.29, 0.717) is 0 Å². The second-order valence-electron chi connectivity index (χ2n) is 7.21. The number of nitrogens with one attached hydrogen (secondary N) is 1. The number of hydrogen-bond acceptors (Lipinski definition) is 3. The Labute approximate surface area is 161 Å². The van der Waals surface area contributed by atoms with Crippen LogP contribution in [0.25, 0.3) is 0 Å². The van der Waals surface area contributed by atoms with Crippen LogP contribution in [0.2, 0.25) is 0 Å². The molecule has 1 aliphatic heterocycles. The Morgan fingerprint density at radius 2 is 1.52 bits per heavy atom. The predicted octanol–water partition coefficient (Wildman–Crippen LogP) is 3.17. The van der Waals surface area contributed by atoms with Crippen LogP contribution in [0, 0.1) is 5.92 Å². The predicted molar refractivity (Wildman–Crippen MR) is 107 cm³/mol. The van der Waals surface area contributed by atoms with Crippen LogP contribution in [0.1, 0.15) is 24.4 Å². The van der Waals surface area contributed by atoms with E-state index in [2.05, 4.69) is 10.2 Å². The van der Waals surface area contributed by atoms with Gasteiger partial charge in [-0.1, -0.05) is 48.5 Å². The Balaban J connectivity index is 1.65. The topological polar surface area (TPSA) is 52.7 Å². The lowest BCUT2D eigenvalue weighted by molar-refractivity contribution is -0.135. The first kappa shape index (κ1) is 19.1. The monoisotopic (exact) mass is 365 g/mol. The maximum atomic E-state index is 12.8. The first-order valence-corrected chi connectivity index (χ1v) is 9.42. The van der Waals surface area contributed by atoms with Crippen molar-refractivity contribution in [1.29, 1.82) is 0 Å². The summed E-state index contributed by atoms with van der Waals surface area (Å²) in [4.78, 5) is 29.2. The van der Waals surface area contributed by atoms with Gasteiger partial charge in [0, 0.05) is 25.7 Å². The molecule has 1 heterocycles. The van der Waals surface area contributed by atoms with Gasteiger partial charge in [0.15, 0.2) is 0 Å². The largest absolute Gasteiger partial charge is 0.347 e. The molecule has 0 spiro atoms. The van der Waals surface area contributed by atoms with E-state index >= 15 is 0 Å². The first-order chi connectivity index (χ1) is 13.1. The number of piperidine rings is 1. The van der Waals surface area contributed by atoms with Crippen LogP contribution in [-0.2, 0) is 9.59 Å². The van der Waals surface area contributed by atoms with Crippen LogP contribution in [0.5, 0.6) is 0 Å². The van der Waals surface area contributed by atoms with Crippen molar-refractivity contribution in [2.45, 2.75) is 18.9 Å². The maximum absolute atomic E-state index is 12.8. The summed E-state index contributed by atoms with van der Waals surface area (Å²) in [5.41, 5.74) is 1.83. The number of amides is 2. The smallest absolute Gasteiger partial charge is 0.244 e. The molecule has 0 radical (unpaired) electrons. The highest BCUT2D eigenvalue weighted by molar-refractivity contribution is 5.92. The van der Waals surface area contributed by atoms with Crippen LogP contribution in [-0.4, -0.2) is 48.8 Å². The van der Waals surface area contributed by atoms with Gasteiger partial charge in [0.1, 0.15) is 6.04 Å². The number of likely N-dealkylation sites (tertiary alicyclic amines) is 1. The average molecular weight is 365 g/mol. The molecule has 5 heteroatoms. The summed E-state index contributed by atoms with van der Waals surface area (Å²) in [6, 6.07) is 19.1. The third-order valence-corrected chi connectivity index (χ3v) is 5.10. The van der Waals surface area contributed by atoms with Crippen molar-refractivity contribution in [3.8, 4) is 0 Å². The summed E-state index contributed by atoms with van der Waals surface area (Å²) < 4.78 is 0. The van der Waals surface area contributed by atoms with Gasteiger partial charge in [-0.15, -0.1) is 0 Å². The molecule has 1 saturated heterocycles. The van der Waals surface area contributed by atoms with E-state index in [9.17, 15) is 9.59 Å². The normalized spacial score (nSPS) is 16.5. The van der Waals surface area contributed by atoms with Crippen molar-refractivity contribution in [2.24, 2.45) is 5.92 Å². The lowest BCUT2D eigenvalue weighted by Gasteiger charge is -2.37. The number of para-hydroxylation sites is 1. The Morgan fingerprint density at radius 1 is 0.963 bits per heavy atom. The molecular formula is C22H27N3O2. The number of benzene rings is 2. The third-order valence-electron chi connectivity index (χ3n) is 5.10. The zero-order valence-corrected chi connectivity index (χ0v) is 16.0. The van der Waals surface area contributed by atoms with Crippen LogP contribution in [0.15, 0.2) is 60.7 Å². The van der Waals surface area contributed by atoms with Crippen molar-refractivity contribution in [2.75, 3.05) is 32.5 Å². The van der Waals surface area contributed by atoms with Crippen molar-refractivity contribution >= 4 is 17.5 Å². The molecule has 27 heavy (non-hydrogen) atoms. The van der Waals surface area contributed by atoms with Crippen LogP contribution in [0.3, 0.4) is 0 Å². The van der Waals surface area contributed by atoms with Crippen molar-refractivity contribution in [1.82, 2.24) is 9.80 Å². The lowest BCUT2D eigenvalue weighted by atomic mass is 9.93. The summed E-state index contributed by atoms with van der Waals surface area (Å²) in [6.07, 6.45) is 1.51. The van der Waals surface area contributed by atoms with Gasteiger partial charge in [-0.05, 0) is 43.6 Å². The second-order valence-corrected chi connectivity index (χ2v) is 7.21. The number of anilines is 1. The zero-order valence-electron chi connectivity index (χ0n) is 16.0. The van der Waals surface area contributed by atoms with E-state index in [-0.39, 0.29) is 23.8 Å². The van der Waals surface area contributed by atoms with Gasteiger partial charge in [-0.25, -0.2) is 0 Å². The second kappa shape index (κ2) is 8.82. The molecule has 3 rings (SSSR count). The van der Waals surface area contributed by atoms with E-state index in [1.165, 1.54) is 0 Å². The lowest BCUT2D eigenvalue weighted by Crippen LogP contribution is -2.45. The fraction of sp³-hybridized carbons (Fsp3) is 0.364. The Kier molecular flexibility index (Phi) is 6.24. The number of nitrogens with zero attached hydrogens (tertiary/aromatic N) is 2. The van der Waals surface area contributed by atoms with Gasteiger partial charge in [0.25, 0.3) is 0 Å². The van der Waals surface area contributed by atoms with Crippen LogP contribution >= 0.6 is 0 Å². The molecule has 2 amide bonds. The van der Waals surface area contributed by atoms with E-state index < -0.39 is 0 Å². The van der Waals surface area contributed by atoms with Crippen molar-refractivity contribution in [3.05, 3.63) is 66.2 Å². The standard InChI is InChI=1S/C22H27N3O2/c1-24(2)22(27)20(17-9-5-3-6-10-17)25-15-13-18(14-16-25)21(26)23-19-11-7-4-8-12-19/h3-12,18,20H,13-16H2,1-2H3,(H,23,26). The molecule has 1 unspecified atom stereocenters. The molecule has 1 N–H and O–H groups in total. The minimum absolute atomic E-state index is 0.0210. The van der Waals surface area contributed by atoms with Gasteiger partial charge in [-0.2, -0.15) is 0 Å². The minimum Gasteiger partial charge on any atom is -0.347 e. The molecular weight excluding hydrogens is 338 g/mol. The van der Waals surface area contributed by atoms with Gasteiger partial charge in [0.2, 0.25) is 11.8 Å². The zero-order chi connectivity index (χ0) is 19.2. The molecule has 0 aromatic heterocycles. The molecule has 1 aliphatic rings.